The number of rotatable bonds is 8. The molecule has 0 amide bonds. The molecule has 0 aliphatic rings. The van der Waals surface area contributed by atoms with E-state index in [0.29, 0.717) is 0 Å². The summed E-state index contributed by atoms with van der Waals surface area (Å²) in [5, 5.41) is 0. The van der Waals surface area contributed by atoms with E-state index < -0.39 is 0 Å². The second-order valence-corrected chi connectivity index (χ2v) is 11.5. The molecule has 3 heteroatoms. The molecular formula is C42H31BrN2. The van der Waals surface area contributed by atoms with Crippen LogP contribution in [0.4, 0.5) is 34.1 Å². The molecule has 0 aromatic heterocycles. The van der Waals surface area contributed by atoms with Gasteiger partial charge in [-0.25, -0.2) is 0 Å². The van der Waals surface area contributed by atoms with Crippen LogP contribution < -0.4 is 9.80 Å². The van der Waals surface area contributed by atoms with E-state index in [2.05, 4.69) is 214 Å². The minimum absolute atomic E-state index is 0.989. The van der Waals surface area contributed by atoms with Gasteiger partial charge in [0.1, 0.15) is 0 Å². The Hall–Kier alpha value is -5.38. The van der Waals surface area contributed by atoms with Crippen molar-refractivity contribution in [3.05, 3.63) is 193 Å². The molecular weight excluding hydrogens is 612 g/mol. The van der Waals surface area contributed by atoms with Gasteiger partial charge in [-0.15, -0.1) is 0 Å². The van der Waals surface area contributed by atoms with Crippen LogP contribution >= 0.6 is 15.9 Å². The number of nitrogens with zero attached hydrogens (tertiary/aromatic N) is 2. The van der Waals surface area contributed by atoms with E-state index in [9.17, 15) is 0 Å². The van der Waals surface area contributed by atoms with Gasteiger partial charge in [0.15, 0.2) is 0 Å². The number of halogens is 1. The summed E-state index contributed by atoms with van der Waals surface area (Å²) in [6.45, 7) is 0. The Morgan fingerprint density at radius 3 is 1.00 bits per heavy atom. The molecule has 0 radical (unpaired) electrons. The van der Waals surface area contributed by atoms with Crippen molar-refractivity contribution in [3.63, 3.8) is 0 Å². The van der Waals surface area contributed by atoms with E-state index in [1.54, 1.807) is 0 Å². The minimum Gasteiger partial charge on any atom is -0.309 e. The fourth-order valence-electron chi connectivity index (χ4n) is 5.88. The van der Waals surface area contributed by atoms with Crippen LogP contribution in [-0.4, -0.2) is 0 Å². The summed E-state index contributed by atoms with van der Waals surface area (Å²) in [6.07, 6.45) is 0. The highest BCUT2D eigenvalue weighted by atomic mass is 79.9. The molecule has 0 spiro atoms. The zero-order valence-electron chi connectivity index (χ0n) is 24.7. The van der Waals surface area contributed by atoms with E-state index in [1.165, 1.54) is 11.1 Å². The average Bonchev–Trinajstić information content (AvgIpc) is 3.12. The van der Waals surface area contributed by atoms with E-state index >= 15 is 0 Å². The number of anilines is 6. The SMILES string of the molecule is Brc1c(N(c2ccccc2)c2ccccc2-c2ccccc2)cccc1N(c1ccccc1)c1ccccc1-c1ccccc1. The first kappa shape index (κ1) is 28.4. The van der Waals surface area contributed by atoms with Gasteiger partial charge in [-0.05, 0) is 75.6 Å². The lowest BCUT2D eigenvalue weighted by Gasteiger charge is -2.32. The van der Waals surface area contributed by atoms with Crippen LogP contribution in [0.3, 0.4) is 0 Å². The van der Waals surface area contributed by atoms with E-state index in [4.69, 9.17) is 0 Å². The second kappa shape index (κ2) is 13.1. The predicted octanol–water partition coefficient (Wildman–Crippen LogP) is 12.7. The summed E-state index contributed by atoms with van der Waals surface area (Å²) < 4.78 is 0.989. The largest absolute Gasteiger partial charge is 0.309 e. The van der Waals surface area contributed by atoms with Crippen molar-refractivity contribution in [2.75, 3.05) is 9.80 Å². The lowest BCUT2D eigenvalue weighted by molar-refractivity contribution is 1.23. The highest BCUT2D eigenvalue weighted by molar-refractivity contribution is 9.10. The molecule has 0 fully saturated rings. The molecule has 0 unspecified atom stereocenters. The summed E-state index contributed by atoms with van der Waals surface area (Å²) in [4.78, 5) is 4.70. The van der Waals surface area contributed by atoms with E-state index in [0.717, 1.165) is 49.7 Å². The number of para-hydroxylation sites is 4. The molecule has 0 atom stereocenters. The van der Waals surface area contributed by atoms with Gasteiger partial charge in [0.05, 0.1) is 27.2 Å². The third-order valence-electron chi connectivity index (χ3n) is 7.93. The summed E-state index contributed by atoms with van der Waals surface area (Å²) in [5.41, 5.74) is 11.1. The Labute approximate surface area is 273 Å². The lowest BCUT2D eigenvalue weighted by Crippen LogP contribution is -2.15. The van der Waals surface area contributed by atoms with Gasteiger partial charge in [0, 0.05) is 22.5 Å². The molecule has 45 heavy (non-hydrogen) atoms. The highest BCUT2D eigenvalue weighted by Gasteiger charge is 2.24. The maximum absolute atomic E-state index is 4.15. The van der Waals surface area contributed by atoms with Gasteiger partial charge in [-0.2, -0.15) is 0 Å². The summed E-state index contributed by atoms with van der Waals surface area (Å²) in [5.74, 6) is 0. The van der Waals surface area contributed by atoms with Crippen LogP contribution in [0.1, 0.15) is 0 Å². The van der Waals surface area contributed by atoms with E-state index in [1.807, 2.05) is 0 Å². The van der Waals surface area contributed by atoms with Crippen LogP contribution in [0.25, 0.3) is 22.3 Å². The van der Waals surface area contributed by atoms with Gasteiger partial charge >= 0.3 is 0 Å². The Bertz CT molecular complexity index is 1860. The van der Waals surface area contributed by atoms with Crippen molar-refractivity contribution in [2.24, 2.45) is 0 Å². The molecule has 7 aromatic carbocycles. The van der Waals surface area contributed by atoms with Gasteiger partial charge < -0.3 is 9.80 Å². The molecule has 0 saturated heterocycles. The number of benzene rings is 7. The van der Waals surface area contributed by atoms with Crippen molar-refractivity contribution < 1.29 is 0 Å². The van der Waals surface area contributed by atoms with Gasteiger partial charge in [0.2, 0.25) is 0 Å². The predicted molar refractivity (Wildman–Crippen MR) is 194 cm³/mol. The lowest BCUT2D eigenvalue weighted by atomic mass is 10.0. The standard InChI is InChI=1S/C42H31BrN2/c43-42-40(44(34-22-9-3-10-23-34)38-28-15-13-26-36(38)32-18-5-1-6-19-32)30-17-31-41(42)45(35-24-11-4-12-25-35)39-29-16-14-27-37(39)33-20-7-2-8-21-33/h1-31H. The van der Waals surface area contributed by atoms with Crippen molar-refractivity contribution >= 4 is 50.1 Å². The molecule has 0 heterocycles. The van der Waals surface area contributed by atoms with Crippen molar-refractivity contribution in [2.45, 2.75) is 0 Å². The van der Waals surface area contributed by atoms with Crippen molar-refractivity contribution in [1.82, 2.24) is 0 Å². The van der Waals surface area contributed by atoms with Crippen molar-refractivity contribution in [1.29, 1.82) is 0 Å². The van der Waals surface area contributed by atoms with Crippen LogP contribution in [0.5, 0.6) is 0 Å². The Kier molecular flexibility index (Phi) is 8.26. The van der Waals surface area contributed by atoms with Crippen LogP contribution in [-0.2, 0) is 0 Å². The third-order valence-corrected chi connectivity index (χ3v) is 8.74. The van der Waals surface area contributed by atoms with Crippen molar-refractivity contribution in [3.8, 4) is 22.3 Å². The van der Waals surface area contributed by atoms with Gasteiger partial charge in [0.25, 0.3) is 0 Å². The molecule has 0 saturated carbocycles. The quantitative estimate of drug-likeness (QED) is 0.163. The molecule has 216 valence electrons. The first-order valence-electron chi connectivity index (χ1n) is 15.1. The maximum Gasteiger partial charge on any atom is 0.0656 e. The molecule has 7 aromatic rings. The van der Waals surface area contributed by atoms with Gasteiger partial charge in [-0.3, -0.25) is 0 Å². The topological polar surface area (TPSA) is 6.48 Å². The van der Waals surface area contributed by atoms with Crippen LogP contribution in [0.2, 0.25) is 0 Å². The third kappa shape index (κ3) is 5.78. The maximum atomic E-state index is 4.15. The average molecular weight is 644 g/mol. The smallest absolute Gasteiger partial charge is 0.0656 e. The van der Waals surface area contributed by atoms with Gasteiger partial charge in [-0.1, -0.05) is 140 Å². The first-order valence-corrected chi connectivity index (χ1v) is 15.9. The molecule has 0 N–H and O–H groups in total. The fourth-order valence-corrected chi connectivity index (χ4v) is 6.50. The highest BCUT2D eigenvalue weighted by Crippen LogP contribution is 2.49. The molecule has 0 bridgehead atoms. The molecule has 7 rings (SSSR count). The first-order chi connectivity index (χ1) is 22.3. The normalized spacial score (nSPS) is 10.8. The van der Waals surface area contributed by atoms with Crippen LogP contribution in [0, 0.1) is 0 Å². The number of hydrogen-bond acceptors (Lipinski definition) is 2. The fraction of sp³-hybridized carbons (Fsp3) is 0. The van der Waals surface area contributed by atoms with E-state index in [-0.39, 0.29) is 0 Å². The number of hydrogen-bond donors (Lipinski definition) is 0. The molecule has 2 nitrogen and oxygen atoms in total. The molecule has 0 aliphatic carbocycles. The minimum atomic E-state index is 0.989. The monoisotopic (exact) mass is 642 g/mol. The summed E-state index contributed by atoms with van der Waals surface area (Å²) >= 11 is 4.15. The summed E-state index contributed by atoms with van der Waals surface area (Å²) in [7, 11) is 0. The zero-order valence-corrected chi connectivity index (χ0v) is 26.3. The molecule has 0 aliphatic heterocycles. The Morgan fingerprint density at radius 2 is 0.600 bits per heavy atom. The Balaban J connectivity index is 1.46. The van der Waals surface area contributed by atoms with Crippen LogP contribution in [0.15, 0.2) is 193 Å². The Morgan fingerprint density at radius 1 is 0.289 bits per heavy atom. The zero-order chi connectivity index (χ0) is 30.4. The second-order valence-electron chi connectivity index (χ2n) is 10.7. The summed E-state index contributed by atoms with van der Waals surface area (Å²) in [6, 6.07) is 66.1.